The van der Waals surface area contributed by atoms with Gasteiger partial charge >= 0.3 is 0 Å². The molecular formula is C9H14N2O2S2. The number of thiophene rings is 1. The lowest BCUT2D eigenvalue weighted by atomic mass is 10.4. The lowest BCUT2D eigenvalue weighted by molar-refractivity contribution is 0.0957. The third-order valence-corrected chi connectivity index (χ3v) is 3.93. The third-order valence-electron chi connectivity index (χ3n) is 1.69. The third kappa shape index (κ3) is 4.21. The number of methoxy groups -OCH3 is 1. The van der Waals surface area contributed by atoms with Crippen molar-refractivity contribution in [1.29, 1.82) is 0 Å². The zero-order chi connectivity index (χ0) is 11.1. The second-order valence-corrected chi connectivity index (χ2v) is 5.06. The molecule has 15 heavy (non-hydrogen) atoms. The van der Waals surface area contributed by atoms with Crippen LogP contribution in [0.4, 0.5) is 0 Å². The molecule has 0 aliphatic rings. The molecule has 6 heteroatoms. The van der Waals surface area contributed by atoms with Crippen molar-refractivity contribution in [2.75, 3.05) is 19.5 Å². The highest BCUT2D eigenvalue weighted by Crippen LogP contribution is 2.21. The molecule has 0 unspecified atom stereocenters. The largest absolute Gasteiger partial charge is 0.384 e. The predicted molar refractivity (Wildman–Crippen MR) is 64.0 cm³/mol. The number of nitrogens with one attached hydrogen (secondary N) is 1. The monoisotopic (exact) mass is 246 g/mol. The first kappa shape index (κ1) is 12.5. The molecule has 1 aromatic heterocycles. The fourth-order valence-electron chi connectivity index (χ4n) is 0.964. The molecule has 0 saturated heterocycles. The predicted octanol–water partition coefficient (Wildman–Crippen LogP) is 1.23. The highest BCUT2D eigenvalue weighted by Gasteiger charge is 2.06. The summed E-state index contributed by atoms with van der Waals surface area (Å²) in [5, 5.41) is 0. The van der Waals surface area contributed by atoms with E-state index in [0.29, 0.717) is 4.88 Å². The Morgan fingerprint density at radius 2 is 2.47 bits per heavy atom. The molecule has 0 aromatic carbocycles. The van der Waals surface area contributed by atoms with Gasteiger partial charge in [-0.2, -0.15) is 11.8 Å². The molecule has 0 atom stereocenters. The summed E-state index contributed by atoms with van der Waals surface area (Å²) in [4.78, 5) is 13.0. The van der Waals surface area contributed by atoms with Gasteiger partial charge in [0.25, 0.3) is 5.91 Å². The number of ether oxygens (including phenoxy) is 1. The van der Waals surface area contributed by atoms with Gasteiger partial charge in [-0.3, -0.25) is 10.2 Å². The summed E-state index contributed by atoms with van der Waals surface area (Å²) in [6.45, 7) is 0.756. The van der Waals surface area contributed by atoms with Gasteiger partial charge in [0.2, 0.25) is 0 Å². The molecule has 0 aliphatic heterocycles. The summed E-state index contributed by atoms with van der Waals surface area (Å²) in [6, 6.07) is 3.74. The van der Waals surface area contributed by atoms with E-state index >= 15 is 0 Å². The van der Waals surface area contributed by atoms with Crippen LogP contribution >= 0.6 is 23.1 Å². The molecule has 0 aliphatic carbocycles. The first-order valence-corrected chi connectivity index (χ1v) is 6.41. The quantitative estimate of drug-likeness (QED) is 0.343. The van der Waals surface area contributed by atoms with E-state index in [9.17, 15) is 4.79 Å². The molecule has 84 valence electrons. The van der Waals surface area contributed by atoms with Crippen molar-refractivity contribution in [2.45, 2.75) is 5.75 Å². The van der Waals surface area contributed by atoms with Gasteiger partial charge in [-0.1, -0.05) is 0 Å². The molecule has 1 amide bonds. The minimum absolute atomic E-state index is 0.229. The van der Waals surface area contributed by atoms with E-state index in [0.717, 1.165) is 18.1 Å². The van der Waals surface area contributed by atoms with Crippen LogP contribution in [0.3, 0.4) is 0 Å². The Morgan fingerprint density at radius 3 is 3.13 bits per heavy atom. The van der Waals surface area contributed by atoms with Gasteiger partial charge in [-0.15, -0.1) is 11.3 Å². The SMILES string of the molecule is COCCSCc1ccc(C(=O)NN)s1. The van der Waals surface area contributed by atoms with Gasteiger partial charge in [-0.05, 0) is 12.1 Å². The summed E-state index contributed by atoms with van der Waals surface area (Å²) in [7, 11) is 1.69. The molecule has 0 saturated carbocycles. The number of carbonyl (C=O) groups is 1. The van der Waals surface area contributed by atoms with Crippen molar-refractivity contribution in [1.82, 2.24) is 5.43 Å². The zero-order valence-corrected chi connectivity index (χ0v) is 10.1. The fraction of sp³-hybridized carbons (Fsp3) is 0.444. The molecule has 1 aromatic rings. The number of thioether (sulfide) groups is 1. The summed E-state index contributed by atoms with van der Waals surface area (Å²) in [6.07, 6.45) is 0. The Bertz CT molecular complexity index is 315. The van der Waals surface area contributed by atoms with Crippen molar-refractivity contribution in [3.8, 4) is 0 Å². The van der Waals surface area contributed by atoms with Gasteiger partial charge in [-0.25, -0.2) is 5.84 Å². The van der Waals surface area contributed by atoms with Gasteiger partial charge in [0.1, 0.15) is 0 Å². The Hall–Kier alpha value is -0.560. The Balaban J connectivity index is 2.36. The first-order chi connectivity index (χ1) is 7.27. The summed E-state index contributed by atoms with van der Waals surface area (Å²) >= 11 is 3.26. The van der Waals surface area contributed by atoms with E-state index in [4.69, 9.17) is 10.6 Å². The topological polar surface area (TPSA) is 64.3 Å². The minimum Gasteiger partial charge on any atom is -0.384 e. The van der Waals surface area contributed by atoms with Crippen molar-refractivity contribution < 1.29 is 9.53 Å². The van der Waals surface area contributed by atoms with Crippen LogP contribution in [0.1, 0.15) is 14.5 Å². The number of amides is 1. The number of nitrogens with two attached hydrogens (primary N) is 1. The van der Waals surface area contributed by atoms with Crippen LogP contribution in [-0.4, -0.2) is 25.4 Å². The van der Waals surface area contributed by atoms with E-state index in [1.165, 1.54) is 16.2 Å². The van der Waals surface area contributed by atoms with Crippen LogP contribution in [0.15, 0.2) is 12.1 Å². The molecule has 0 bridgehead atoms. The van der Waals surface area contributed by atoms with E-state index in [-0.39, 0.29) is 5.91 Å². The number of hydrazine groups is 1. The van der Waals surface area contributed by atoms with Crippen LogP contribution in [0, 0.1) is 0 Å². The normalized spacial score (nSPS) is 10.3. The van der Waals surface area contributed by atoms with Crippen LogP contribution < -0.4 is 11.3 Å². The number of carbonyl (C=O) groups excluding carboxylic acids is 1. The van der Waals surface area contributed by atoms with E-state index in [1.807, 2.05) is 6.07 Å². The maximum absolute atomic E-state index is 11.2. The minimum atomic E-state index is -0.229. The van der Waals surface area contributed by atoms with Gasteiger partial charge in [0.05, 0.1) is 11.5 Å². The molecule has 0 radical (unpaired) electrons. The van der Waals surface area contributed by atoms with E-state index in [2.05, 4.69) is 5.43 Å². The number of nitrogen functional groups attached to an aromatic ring is 1. The van der Waals surface area contributed by atoms with Crippen LogP contribution in [-0.2, 0) is 10.5 Å². The summed E-state index contributed by atoms with van der Waals surface area (Å²) in [5.41, 5.74) is 2.12. The highest BCUT2D eigenvalue weighted by atomic mass is 32.2. The Morgan fingerprint density at radius 1 is 1.67 bits per heavy atom. The second kappa shape index (κ2) is 6.84. The second-order valence-electron chi connectivity index (χ2n) is 2.78. The van der Waals surface area contributed by atoms with E-state index < -0.39 is 0 Å². The van der Waals surface area contributed by atoms with Crippen LogP contribution in [0.2, 0.25) is 0 Å². The van der Waals surface area contributed by atoms with Crippen molar-refractivity contribution in [2.24, 2.45) is 5.84 Å². The molecule has 0 fully saturated rings. The molecule has 3 N–H and O–H groups in total. The van der Waals surface area contributed by atoms with Crippen molar-refractivity contribution >= 4 is 29.0 Å². The smallest absolute Gasteiger partial charge is 0.275 e. The van der Waals surface area contributed by atoms with Gasteiger partial charge in [0, 0.05) is 23.5 Å². The highest BCUT2D eigenvalue weighted by molar-refractivity contribution is 7.98. The maximum Gasteiger partial charge on any atom is 0.275 e. The van der Waals surface area contributed by atoms with Gasteiger partial charge in [0.15, 0.2) is 0 Å². The number of hydrogen-bond acceptors (Lipinski definition) is 5. The Labute approximate surface area is 97.2 Å². The molecule has 4 nitrogen and oxygen atoms in total. The number of rotatable bonds is 6. The summed E-state index contributed by atoms with van der Waals surface area (Å²) < 4.78 is 4.94. The molecule has 1 heterocycles. The fourth-order valence-corrected chi connectivity index (χ4v) is 2.88. The molecule has 1 rings (SSSR count). The van der Waals surface area contributed by atoms with Crippen molar-refractivity contribution in [3.05, 3.63) is 21.9 Å². The van der Waals surface area contributed by atoms with Crippen LogP contribution in [0.25, 0.3) is 0 Å². The lowest BCUT2D eigenvalue weighted by Gasteiger charge is -1.97. The molecular weight excluding hydrogens is 232 g/mol. The summed E-state index contributed by atoms with van der Waals surface area (Å²) in [5.74, 6) is 6.68. The lowest BCUT2D eigenvalue weighted by Crippen LogP contribution is -2.29. The van der Waals surface area contributed by atoms with E-state index in [1.54, 1.807) is 24.9 Å². The average Bonchev–Trinajstić information content (AvgIpc) is 2.72. The Kier molecular flexibility index (Phi) is 5.70. The molecule has 0 spiro atoms. The van der Waals surface area contributed by atoms with Gasteiger partial charge < -0.3 is 4.74 Å². The number of hydrogen-bond donors (Lipinski definition) is 2. The zero-order valence-electron chi connectivity index (χ0n) is 8.49. The van der Waals surface area contributed by atoms with Crippen LogP contribution in [0.5, 0.6) is 0 Å². The average molecular weight is 246 g/mol. The van der Waals surface area contributed by atoms with Crippen molar-refractivity contribution in [3.63, 3.8) is 0 Å². The first-order valence-electron chi connectivity index (χ1n) is 4.44. The standard InChI is InChI=1S/C9H14N2O2S2/c1-13-4-5-14-6-7-2-3-8(15-7)9(12)11-10/h2-3H,4-6,10H2,1H3,(H,11,12). The maximum atomic E-state index is 11.2.